The second kappa shape index (κ2) is 6.38. The van der Waals surface area contributed by atoms with Crippen LogP contribution in [0.2, 0.25) is 0 Å². The van der Waals surface area contributed by atoms with Crippen LogP contribution in [-0.4, -0.2) is 26.2 Å². The second-order valence-corrected chi connectivity index (χ2v) is 3.28. The smallest absolute Gasteiger partial charge is 0.222 e. The van der Waals surface area contributed by atoms with Crippen molar-refractivity contribution >= 4 is 5.91 Å². The van der Waals surface area contributed by atoms with E-state index < -0.39 is 0 Å². The number of nitrogens with one attached hydrogen (secondary N) is 1. The first-order chi connectivity index (χ1) is 6.83. The summed E-state index contributed by atoms with van der Waals surface area (Å²) in [6, 6.07) is 0. The Morgan fingerprint density at radius 2 is 2.43 bits per heavy atom. The minimum absolute atomic E-state index is 0.0479. The number of carbonyl (C=O) groups excluding carboxylic acids is 1. The first-order valence-corrected chi connectivity index (χ1v) is 4.94. The highest BCUT2D eigenvalue weighted by molar-refractivity contribution is 5.76. The summed E-state index contributed by atoms with van der Waals surface area (Å²) in [5, 5.41) is 2.85. The van der Waals surface area contributed by atoms with Gasteiger partial charge in [0, 0.05) is 20.1 Å². The quantitative estimate of drug-likeness (QED) is 0.720. The highest BCUT2D eigenvalue weighted by atomic mass is 16.5. The number of rotatable bonds is 5. The molecular weight excluding hydrogens is 178 g/mol. The van der Waals surface area contributed by atoms with E-state index in [-0.39, 0.29) is 5.91 Å². The second-order valence-electron chi connectivity index (χ2n) is 3.28. The summed E-state index contributed by atoms with van der Waals surface area (Å²) in [6.45, 7) is 1.12. The molecule has 3 nitrogen and oxygen atoms in total. The summed E-state index contributed by atoms with van der Waals surface area (Å²) in [4.78, 5) is 11.2. The lowest BCUT2D eigenvalue weighted by Gasteiger charge is -2.08. The summed E-state index contributed by atoms with van der Waals surface area (Å²) >= 11 is 0. The molecule has 1 aliphatic rings. The lowest BCUT2D eigenvalue weighted by Crippen LogP contribution is -2.26. The zero-order chi connectivity index (χ0) is 10.2. The lowest BCUT2D eigenvalue weighted by atomic mass is 10.1. The molecule has 1 aliphatic carbocycles. The standard InChI is InChI=1S/C11H17NO2/c1-14-8-7-11(13)12-9-10-5-3-2-4-6-10/h3,5-6H,2,4,7-9H2,1H3,(H,12,13). The maximum absolute atomic E-state index is 11.2. The molecule has 0 fully saturated rings. The van der Waals surface area contributed by atoms with E-state index in [0.717, 1.165) is 12.8 Å². The van der Waals surface area contributed by atoms with Gasteiger partial charge in [0.2, 0.25) is 5.91 Å². The van der Waals surface area contributed by atoms with Gasteiger partial charge in [0.25, 0.3) is 0 Å². The average molecular weight is 195 g/mol. The van der Waals surface area contributed by atoms with Crippen molar-refractivity contribution in [3.63, 3.8) is 0 Å². The lowest BCUT2D eigenvalue weighted by molar-refractivity contribution is -0.121. The van der Waals surface area contributed by atoms with Gasteiger partial charge in [-0.05, 0) is 18.4 Å². The molecule has 0 aromatic rings. The Hall–Kier alpha value is -1.09. The van der Waals surface area contributed by atoms with Gasteiger partial charge in [0.05, 0.1) is 6.61 Å². The molecule has 78 valence electrons. The summed E-state index contributed by atoms with van der Waals surface area (Å²) in [5.41, 5.74) is 1.20. The van der Waals surface area contributed by atoms with E-state index in [1.807, 2.05) is 0 Å². The topological polar surface area (TPSA) is 38.3 Å². The normalized spacial score (nSPS) is 15.1. The number of amides is 1. The fraction of sp³-hybridized carbons (Fsp3) is 0.545. The van der Waals surface area contributed by atoms with E-state index in [1.54, 1.807) is 7.11 Å². The summed E-state index contributed by atoms with van der Waals surface area (Å²) in [7, 11) is 1.60. The van der Waals surface area contributed by atoms with E-state index in [1.165, 1.54) is 5.57 Å². The first kappa shape index (κ1) is 11.0. The fourth-order valence-corrected chi connectivity index (χ4v) is 1.28. The van der Waals surface area contributed by atoms with Crippen molar-refractivity contribution < 1.29 is 9.53 Å². The highest BCUT2D eigenvalue weighted by Crippen LogP contribution is 2.08. The number of hydrogen-bond donors (Lipinski definition) is 1. The third-order valence-corrected chi connectivity index (χ3v) is 2.09. The Bertz CT molecular complexity index is 244. The van der Waals surface area contributed by atoms with Gasteiger partial charge in [-0.3, -0.25) is 4.79 Å². The van der Waals surface area contributed by atoms with Gasteiger partial charge in [-0.1, -0.05) is 18.2 Å². The molecule has 3 heteroatoms. The molecule has 0 aromatic heterocycles. The number of allylic oxidation sites excluding steroid dienone is 2. The van der Waals surface area contributed by atoms with Crippen LogP contribution in [0.3, 0.4) is 0 Å². The molecule has 0 bridgehead atoms. The van der Waals surface area contributed by atoms with Crippen LogP contribution >= 0.6 is 0 Å². The van der Waals surface area contributed by atoms with Crippen molar-refractivity contribution in [3.05, 3.63) is 23.8 Å². The van der Waals surface area contributed by atoms with Gasteiger partial charge >= 0.3 is 0 Å². The Labute approximate surface area is 84.8 Å². The van der Waals surface area contributed by atoms with Crippen molar-refractivity contribution in [1.82, 2.24) is 5.32 Å². The summed E-state index contributed by atoms with van der Waals surface area (Å²) in [5.74, 6) is 0.0479. The molecule has 0 radical (unpaired) electrons. The van der Waals surface area contributed by atoms with Crippen LogP contribution in [0, 0.1) is 0 Å². The van der Waals surface area contributed by atoms with Gasteiger partial charge in [-0.15, -0.1) is 0 Å². The van der Waals surface area contributed by atoms with Crippen molar-refractivity contribution in [2.75, 3.05) is 20.3 Å². The monoisotopic (exact) mass is 195 g/mol. The highest BCUT2D eigenvalue weighted by Gasteiger charge is 2.01. The van der Waals surface area contributed by atoms with Crippen molar-refractivity contribution in [2.45, 2.75) is 19.3 Å². The maximum Gasteiger partial charge on any atom is 0.222 e. The van der Waals surface area contributed by atoms with Crippen molar-refractivity contribution in [2.24, 2.45) is 0 Å². The van der Waals surface area contributed by atoms with Gasteiger partial charge < -0.3 is 10.1 Å². The average Bonchev–Trinajstić information content (AvgIpc) is 2.25. The molecule has 0 unspecified atom stereocenters. The van der Waals surface area contributed by atoms with Crippen LogP contribution in [0.25, 0.3) is 0 Å². The minimum Gasteiger partial charge on any atom is -0.384 e. The maximum atomic E-state index is 11.2. The van der Waals surface area contributed by atoms with E-state index in [4.69, 9.17) is 4.74 Å². The number of methoxy groups -OCH3 is 1. The van der Waals surface area contributed by atoms with Gasteiger partial charge in [-0.2, -0.15) is 0 Å². The SMILES string of the molecule is COCCC(=O)NCC1=CCCC=C1. The third-order valence-electron chi connectivity index (χ3n) is 2.09. The first-order valence-electron chi connectivity index (χ1n) is 4.94. The van der Waals surface area contributed by atoms with Crippen LogP contribution in [-0.2, 0) is 9.53 Å². The predicted octanol–water partition coefficient (Wildman–Crippen LogP) is 1.42. The van der Waals surface area contributed by atoms with Crippen molar-refractivity contribution in [3.8, 4) is 0 Å². The molecule has 1 amide bonds. The van der Waals surface area contributed by atoms with Gasteiger partial charge in [0.15, 0.2) is 0 Å². The molecule has 0 atom stereocenters. The zero-order valence-electron chi connectivity index (χ0n) is 8.58. The Kier molecular flexibility index (Phi) is 5.00. The van der Waals surface area contributed by atoms with Crippen LogP contribution in [0.15, 0.2) is 23.8 Å². The molecule has 0 aromatic carbocycles. The van der Waals surface area contributed by atoms with Crippen LogP contribution in [0.5, 0.6) is 0 Å². The minimum atomic E-state index is 0.0479. The molecule has 1 rings (SSSR count). The van der Waals surface area contributed by atoms with Crippen LogP contribution in [0.1, 0.15) is 19.3 Å². The molecule has 0 heterocycles. The van der Waals surface area contributed by atoms with E-state index in [9.17, 15) is 4.79 Å². The van der Waals surface area contributed by atoms with Crippen LogP contribution in [0.4, 0.5) is 0 Å². The van der Waals surface area contributed by atoms with E-state index >= 15 is 0 Å². The molecule has 0 saturated heterocycles. The van der Waals surface area contributed by atoms with E-state index in [0.29, 0.717) is 19.6 Å². The molecule has 0 aliphatic heterocycles. The molecule has 0 saturated carbocycles. The molecule has 14 heavy (non-hydrogen) atoms. The number of hydrogen-bond acceptors (Lipinski definition) is 2. The van der Waals surface area contributed by atoms with Crippen LogP contribution < -0.4 is 5.32 Å². The number of ether oxygens (including phenoxy) is 1. The Morgan fingerprint density at radius 3 is 3.07 bits per heavy atom. The van der Waals surface area contributed by atoms with Gasteiger partial charge in [0.1, 0.15) is 0 Å². The zero-order valence-corrected chi connectivity index (χ0v) is 8.58. The van der Waals surface area contributed by atoms with Crippen molar-refractivity contribution in [1.29, 1.82) is 0 Å². The largest absolute Gasteiger partial charge is 0.384 e. The predicted molar refractivity (Wildman–Crippen MR) is 56.0 cm³/mol. The molecule has 1 N–H and O–H groups in total. The summed E-state index contributed by atoms with van der Waals surface area (Å²) < 4.78 is 4.81. The van der Waals surface area contributed by atoms with E-state index in [2.05, 4.69) is 23.5 Å². The summed E-state index contributed by atoms with van der Waals surface area (Å²) in [6.07, 6.45) is 9.00. The number of carbonyl (C=O) groups is 1. The Balaban J connectivity index is 2.16. The fourth-order valence-electron chi connectivity index (χ4n) is 1.28. The Morgan fingerprint density at radius 1 is 1.57 bits per heavy atom. The van der Waals surface area contributed by atoms with Gasteiger partial charge in [-0.25, -0.2) is 0 Å². The molecule has 0 spiro atoms. The third kappa shape index (κ3) is 4.23. The molecular formula is C11H17NO2.